The smallest absolute Gasteiger partial charge is 0.270 e. The molecule has 3 rings (SSSR count). The maximum atomic E-state index is 12.0. The van der Waals surface area contributed by atoms with Crippen LogP contribution in [0, 0.1) is 0 Å². The van der Waals surface area contributed by atoms with Crippen molar-refractivity contribution in [2.24, 2.45) is 0 Å². The molecule has 1 N–H and O–H groups in total. The van der Waals surface area contributed by atoms with Crippen LogP contribution in [0.15, 0.2) is 53.9 Å². The number of rotatable bonds is 8. The third-order valence-electron chi connectivity index (χ3n) is 3.91. The first-order valence-corrected chi connectivity index (χ1v) is 9.67. The highest BCUT2D eigenvalue weighted by Gasteiger charge is 2.11. The van der Waals surface area contributed by atoms with Crippen LogP contribution in [0.4, 0.5) is 0 Å². The van der Waals surface area contributed by atoms with Crippen molar-refractivity contribution in [3.8, 4) is 22.1 Å². The summed E-state index contributed by atoms with van der Waals surface area (Å²) in [5, 5.41) is 5.44. The van der Waals surface area contributed by atoms with Gasteiger partial charge < -0.3 is 14.8 Å². The van der Waals surface area contributed by atoms with Gasteiger partial charge >= 0.3 is 0 Å². The van der Waals surface area contributed by atoms with Gasteiger partial charge in [0.25, 0.3) is 5.91 Å². The van der Waals surface area contributed by atoms with E-state index in [4.69, 9.17) is 9.47 Å². The zero-order valence-corrected chi connectivity index (χ0v) is 16.2. The summed E-state index contributed by atoms with van der Waals surface area (Å²) in [6, 6.07) is 15.5. The molecule has 140 valence electrons. The van der Waals surface area contributed by atoms with Crippen LogP contribution in [-0.4, -0.2) is 24.5 Å². The van der Waals surface area contributed by atoms with Crippen molar-refractivity contribution < 1.29 is 14.3 Å². The molecule has 0 aliphatic carbocycles. The van der Waals surface area contributed by atoms with E-state index in [9.17, 15) is 4.79 Å². The third-order valence-corrected chi connectivity index (χ3v) is 4.80. The molecular formula is C21H22N2O3S. The molecule has 0 bridgehead atoms. The van der Waals surface area contributed by atoms with Gasteiger partial charge in [0.1, 0.15) is 28.8 Å². The van der Waals surface area contributed by atoms with Crippen LogP contribution in [0.5, 0.6) is 11.5 Å². The number of ether oxygens (including phenoxy) is 2. The van der Waals surface area contributed by atoms with E-state index in [1.54, 1.807) is 12.5 Å². The molecule has 0 aliphatic rings. The molecule has 1 amide bonds. The van der Waals surface area contributed by atoms with Gasteiger partial charge in [-0.05, 0) is 48.4 Å². The molecule has 0 unspecified atom stereocenters. The minimum atomic E-state index is -0.127. The molecule has 3 aromatic rings. The van der Waals surface area contributed by atoms with Crippen molar-refractivity contribution in [1.82, 2.24) is 10.3 Å². The molecule has 0 atom stereocenters. The Morgan fingerprint density at radius 2 is 1.96 bits per heavy atom. The molecule has 6 heteroatoms. The zero-order valence-electron chi connectivity index (χ0n) is 15.4. The third kappa shape index (κ3) is 5.08. The molecule has 2 aromatic carbocycles. The van der Waals surface area contributed by atoms with Crippen LogP contribution in [0.25, 0.3) is 10.6 Å². The van der Waals surface area contributed by atoms with Crippen molar-refractivity contribution >= 4 is 17.2 Å². The minimum Gasteiger partial charge on any atom is -0.497 e. The standard InChI is InChI=1S/C21H22N2O3S/c1-3-11-22-20(24)19-14-27-21(23-19)16-7-9-17(10-8-16)26-13-15-5-4-6-18(12-15)25-2/h4-10,12,14H,3,11,13H2,1-2H3,(H,22,24). The fourth-order valence-corrected chi connectivity index (χ4v) is 3.27. The van der Waals surface area contributed by atoms with Crippen LogP contribution >= 0.6 is 11.3 Å². The second kappa shape index (κ2) is 9.19. The van der Waals surface area contributed by atoms with Gasteiger partial charge in [-0.3, -0.25) is 4.79 Å². The Hall–Kier alpha value is -2.86. The number of aromatic nitrogens is 1. The summed E-state index contributed by atoms with van der Waals surface area (Å²) >= 11 is 1.46. The molecule has 1 heterocycles. The quantitative estimate of drug-likeness (QED) is 0.621. The van der Waals surface area contributed by atoms with Gasteiger partial charge in [0.2, 0.25) is 0 Å². The van der Waals surface area contributed by atoms with E-state index in [-0.39, 0.29) is 5.91 Å². The Kier molecular flexibility index (Phi) is 6.44. The Morgan fingerprint density at radius 3 is 2.70 bits per heavy atom. The fraction of sp³-hybridized carbons (Fsp3) is 0.238. The van der Waals surface area contributed by atoms with Gasteiger partial charge in [-0.2, -0.15) is 0 Å². The van der Waals surface area contributed by atoms with E-state index >= 15 is 0 Å². The van der Waals surface area contributed by atoms with Gasteiger partial charge in [-0.1, -0.05) is 19.1 Å². The van der Waals surface area contributed by atoms with Crippen molar-refractivity contribution in [2.75, 3.05) is 13.7 Å². The molecule has 0 saturated carbocycles. The lowest BCUT2D eigenvalue weighted by molar-refractivity contribution is 0.0949. The number of hydrogen-bond donors (Lipinski definition) is 1. The van der Waals surface area contributed by atoms with Gasteiger partial charge in [0.15, 0.2) is 0 Å². The fourth-order valence-electron chi connectivity index (χ4n) is 2.46. The summed E-state index contributed by atoms with van der Waals surface area (Å²) in [7, 11) is 1.65. The number of hydrogen-bond acceptors (Lipinski definition) is 5. The van der Waals surface area contributed by atoms with Crippen LogP contribution in [0.3, 0.4) is 0 Å². The summed E-state index contributed by atoms with van der Waals surface area (Å²) in [6.07, 6.45) is 0.903. The van der Waals surface area contributed by atoms with E-state index < -0.39 is 0 Å². The van der Waals surface area contributed by atoms with E-state index in [0.29, 0.717) is 18.8 Å². The number of methoxy groups -OCH3 is 1. The summed E-state index contributed by atoms with van der Waals surface area (Å²) < 4.78 is 11.1. The molecular weight excluding hydrogens is 360 g/mol. The lowest BCUT2D eigenvalue weighted by Crippen LogP contribution is -2.24. The lowest BCUT2D eigenvalue weighted by Gasteiger charge is -2.08. The Labute approximate surface area is 163 Å². The number of carbonyl (C=O) groups excluding carboxylic acids is 1. The van der Waals surface area contributed by atoms with Crippen molar-refractivity contribution in [3.05, 3.63) is 65.2 Å². The molecule has 0 spiro atoms. The van der Waals surface area contributed by atoms with E-state index in [2.05, 4.69) is 10.3 Å². The van der Waals surface area contributed by atoms with Gasteiger partial charge in [0, 0.05) is 17.5 Å². The molecule has 27 heavy (non-hydrogen) atoms. The Morgan fingerprint density at radius 1 is 1.15 bits per heavy atom. The van der Waals surface area contributed by atoms with Crippen LogP contribution in [0.2, 0.25) is 0 Å². The zero-order chi connectivity index (χ0) is 19.1. The number of benzene rings is 2. The Balaban J connectivity index is 1.61. The largest absolute Gasteiger partial charge is 0.497 e. The SMILES string of the molecule is CCCNC(=O)c1csc(-c2ccc(OCc3cccc(OC)c3)cc2)n1. The molecule has 5 nitrogen and oxygen atoms in total. The first kappa shape index (κ1) is 18.9. The predicted octanol–water partition coefficient (Wildman–Crippen LogP) is 4.54. The monoisotopic (exact) mass is 382 g/mol. The van der Waals surface area contributed by atoms with E-state index in [0.717, 1.165) is 34.1 Å². The Bertz CT molecular complexity index is 890. The number of carbonyl (C=O) groups is 1. The number of nitrogens with one attached hydrogen (secondary N) is 1. The summed E-state index contributed by atoms with van der Waals surface area (Å²) in [6.45, 7) is 3.14. The first-order chi connectivity index (χ1) is 13.2. The van der Waals surface area contributed by atoms with Crippen LogP contribution in [0.1, 0.15) is 29.4 Å². The normalized spacial score (nSPS) is 10.4. The lowest BCUT2D eigenvalue weighted by atomic mass is 10.2. The van der Waals surface area contributed by atoms with Crippen LogP contribution in [-0.2, 0) is 6.61 Å². The highest BCUT2D eigenvalue weighted by Crippen LogP contribution is 2.26. The second-order valence-corrected chi connectivity index (χ2v) is 6.82. The van der Waals surface area contributed by atoms with Crippen LogP contribution < -0.4 is 14.8 Å². The average molecular weight is 382 g/mol. The molecule has 0 radical (unpaired) electrons. The molecule has 0 saturated heterocycles. The minimum absolute atomic E-state index is 0.127. The summed E-state index contributed by atoms with van der Waals surface area (Å²) in [5.74, 6) is 1.46. The predicted molar refractivity (Wildman–Crippen MR) is 108 cm³/mol. The number of amides is 1. The average Bonchev–Trinajstić information content (AvgIpc) is 3.21. The van der Waals surface area contributed by atoms with Crippen molar-refractivity contribution in [2.45, 2.75) is 20.0 Å². The molecule has 0 aliphatic heterocycles. The highest BCUT2D eigenvalue weighted by molar-refractivity contribution is 7.13. The first-order valence-electron chi connectivity index (χ1n) is 8.79. The van der Waals surface area contributed by atoms with E-state index in [1.807, 2.05) is 55.5 Å². The molecule has 1 aromatic heterocycles. The maximum Gasteiger partial charge on any atom is 0.270 e. The second-order valence-electron chi connectivity index (χ2n) is 5.96. The van der Waals surface area contributed by atoms with Gasteiger partial charge in [-0.15, -0.1) is 11.3 Å². The van der Waals surface area contributed by atoms with Gasteiger partial charge in [-0.25, -0.2) is 4.98 Å². The van der Waals surface area contributed by atoms with Gasteiger partial charge in [0.05, 0.1) is 7.11 Å². The highest BCUT2D eigenvalue weighted by atomic mass is 32.1. The molecule has 0 fully saturated rings. The number of nitrogens with zero attached hydrogens (tertiary/aromatic N) is 1. The number of thiazole rings is 1. The topological polar surface area (TPSA) is 60.5 Å². The summed E-state index contributed by atoms with van der Waals surface area (Å²) in [5.41, 5.74) is 2.46. The van der Waals surface area contributed by atoms with Crippen molar-refractivity contribution in [1.29, 1.82) is 0 Å². The van der Waals surface area contributed by atoms with E-state index in [1.165, 1.54) is 11.3 Å². The summed E-state index contributed by atoms with van der Waals surface area (Å²) in [4.78, 5) is 16.4. The van der Waals surface area contributed by atoms with Crippen molar-refractivity contribution in [3.63, 3.8) is 0 Å². The maximum absolute atomic E-state index is 12.0.